The van der Waals surface area contributed by atoms with Crippen LogP contribution in [0.1, 0.15) is 22.3 Å². The highest BCUT2D eigenvalue weighted by molar-refractivity contribution is 5.98. The number of hydrogen-bond acceptors (Lipinski definition) is 3. The minimum Gasteiger partial charge on any atom is -0.489 e. The zero-order chi connectivity index (χ0) is 26.1. The van der Waals surface area contributed by atoms with Crippen molar-refractivity contribution >= 4 is 16.9 Å². The van der Waals surface area contributed by atoms with Crippen LogP contribution in [0.5, 0.6) is 5.75 Å². The number of hydrogen-bond donors (Lipinski definition) is 1. The normalized spacial score (nSPS) is 12.1. The zero-order valence-corrected chi connectivity index (χ0v) is 18.3. The molecule has 186 valence electrons. The zero-order valence-electron chi connectivity index (χ0n) is 18.3. The molecule has 0 spiro atoms. The van der Waals surface area contributed by atoms with Crippen molar-refractivity contribution in [1.82, 2.24) is 4.98 Å². The molecule has 36 heavy (non-hydrogen) atoms. The minimum absolute atomic E-state index is 0.0170. The maximum Gasteiger partial charge on any atom is 0.418 e. The number of nitrogens with zero attached hydrogens (tertiary/aromatic N) is 1. The summed E-state index contributed by atoms with van der Waals surface area (Å²) >= 11 is 0. The number of aliphatic carboxylic acids is 1. The molecule has 1 aromatic heterocycles. The van der Waals surface area contributed by atoms with Crippen molar-refractivity contribution in [2.24, 2.45) is 0 Å². The summed E-state index contributed by atoms with van der Waals surface area (Å²) in [6.07, 6.45) is -9.38. The number of carboxylic acids is 1. The lowest BCUT2D eigenvalue weighted by atomic mass is 9.94. The molecular formula is C26H17F6NO3. The van der Waals surface area contributed by atoms with Gasteiger partial charge >= 0.3 is 18.3 Å². The Balaban J connectivity index is 1.72. The van der Waals surface area contributed by atoms with E-state index in [1.54, 1.807) is 24.3 Å². The van der Waals surface area contributed by atoms with E-state index >= 15 is 0 Å². The van der Waals surface area contributed by atoms with Crippen LogP contribution in [0, 0.1) is 0 Å². The van der Waals surface area contributed by atoms with E-state index in [0.717, 1.165) is 12.1 Å². The molecule has 0 amide bonds. The topological polar surface area (TPSA) is 59.4 Å². The third kappa shape index (κ3) is 5.42. The molecule has 0 aliphatic heterocycles. The van der Waals surface area contributed by atoms with Gasteiger partial charge in [-0.05, 0) is 34.9 Å². The van der Waals surface area contributed by atoms with Gasteiger partial charge in [-0.3, -0.25) is 9.78 Å². The molecule has 10 heteroatoms. The van der Waals surface area contributed by atoms with Crippen molar-refractivity contribution in [2.75, 3.05) is 0 Å². The first kappa shape index (κ1) is 25.0. The first-order chi connectivity index (χ1) is 16.9. The molecule has 4 aromatic rings. The molecule has 4 nitrogen and oxygen atoms in total. The van der Waals surface area contributed by atoms with E-state index in [1.165, 1.54) is 30.3 Å². The lowest BCUT2D eigenvalue weighted by Crippen LogP contribution is -2.11. The number of pyridine rings is 1. The number of para-hydroxylation sites is 1. The summed E-state index contributed by atoms with van der Waals surface area (Å²) in [5.41, 5.74) is -2.01. The van der Waals surface area contributed by atoms with E-state index in [9.17, 15) is 31.1 Å². The molecule has 4 rings (SSSR count). The molecule has 0 radical (unpaired) electrons. The fraction of sp³-hybridized carbons (Fsp3) is 0.154. The highest BCUT2D eigenvalue weighted by atomic mass is 19.4. The van der Waals surface area contributed by atoms with Crippen molar-refractivity contribution in [3.8, 4) is 16.9 Å². The maximum absolute atomic E-state index is 13.8. The number of carboxylic acid groups (broad SMARTS) is 1. The fourth-order valence-corrected chi connectivity index (χ4v) is 3.81. The molecule has 1 heterocycles. The number of benzene rings is 3. The van der Waals surface area contributed by atoms with Crippen LogP contribution in [0.25, 0.3) is 22.0 Å². The second-order valence-electron chi connectivity index (χ2n) is 7.95. The second-order valence-corrected chi connectivity index (χ2v) is 7.95. The summed E-state index contributed by atoms with van der Waals surface area (Å²) in [6, 6.07) is 15.2. The Bertz CT molecular complexity index is 1410. The Morgan fingerprint density at radius 2 is 1.47 bits per heavy atom. The molecule has 1 N–H and O–H groups in total. The predicted octanol–water partition coefficient (Wildman–Crippen LogP) is 7.15. The Morgan fingerprint density at radius 3 is 2.11 bits per heavy atom. The Kier molecular flexibility index (Phi) is 6.62. The van der Waals surface area contributed by atoms with Crippen molar-refractivity contribution in [3.05, 3.63) is 95.2 Å². The van der Waals surface area contributed by atoms with Crippen molar-refractivity contribution in [3.63, 3.8) is 0 Å². The van der Waals surface area contributed by atoms with Crippen LogP contribution in [0.2, 0.25) is 0 Å². The highest BCUT2D eigenvalue weighted by Crippen LogP contribution is 2.43. The van der Waals surface area contributed by atoms with Gasteiger partial charge in [-0.25, -0.2) is 0 Å². The third-order valence-corrected chi connectivity index (χ3v) is 5.41. The van der Waals surface area contributed by atoms with Gasteiger partial charge in [0.15, 0.2) is 0 Å². The summed E-state index contributed by atoms with van der Waals surface area (Å²) in [7, 11) is 0. The predicted molar refractivity (Wildman–Crippen MR) is 119 cm³/mol. The van der Waals surface area contributed by atoms with Gasteiger partial charge in [-0.15, -0.1) is 0 Å². The van der Waals surface area contributed by atoms with Gasteiger partial charge in [0.05, 0.1) is 23.1 Å². The van der Waals surface area contributed by atoms with Crippen LogP contribution in [0.3, 0.4) is 0 Å². The van der Waals surface area contributed by atoms with Gasteiger partial charge in [0.25, 0.3) is 0 Å². The number of rotatable bonds is 6. The first-order valence-electron chi connectivity index (χ1n) is 10.5. The Hall–Kier alpha value is -4.08. The van der Waals surface area contributed by atoms with Gasteiger partial charge in [-0.2, -0.15) is 26.3 Å². The van der Waals surface area contributed by atoms with Gasteiger partial charge in [-0.1, -0.05) is 48.5 Å². The molecule has 0 atom stereocenters. The molecule has 0 saturated heterocycles. The van der Waals surface area contributed by atoms with Crippen LogP contribution >= 0.6 is 0 Å². The maximum atomic E-state index is 13.8. The second kappa shape index (κ2) is 9.52. The smallest absolute Gasteiger partial charge is 0.418 e. The lowest BCUT2D eigenvalue weighted by Gasteiger charge is -2.18. The van der Waals surface area contributed by atoms with Crippen molar-refractivity contribution < 1.29 is 41.0 Å². The standard InChI is InChI=1S/C26H17F6NO3/c27-25(28,29)20-6-2-5-19-23(21(26(30,31)32)13-33-24(19)20)17-3-1-4-18(12-17)36-14-16-9-7-15(8-10-16)11-22(34)35/h1-10,12-13H,11,14H2,(H,34,35). The van der Waals surface area contributed by atoms with Crippen LogP contribution in [0.15, 0.2) is 72.9 Å². The number of carbonyl (C=O) groups is 1. The summed E-state index contributed by atoms with van der Waals surface area (Å²) in [6.45, 7) is 0.0399. The van der Waals surface area contributed by atoms with Gasteiger partial charge < -0.3 is 9.84 Å². The van der Waals surface area contributed by atoms with Gasteiger partial charge in [0.1, 0.15) is 12.4 Å². The number of ether oxygens (including phenoxy) is 1. The van der Waals surface area contributed by atoms with Gasteiger partial charge in [0.2, 0.25) is 0 Å². The molecule has 0 fully saturated rings. The van der Waals surface area contributed by atoms with Crippen molar-refractivity contribution in [1.29, 1.82) is 0 Å². The van der Waals surface area contributed by atoms with E-state index in [2.05, 4.69) is 4.98 Å². The summed E-state index contributed by atoms with van der Waals surface area (Å²) in [5, 5.41) is 8.56. The fourth-order valence-electron chi connectivity index (χ4n) is 3.81. The summed E-state index contributed by atoms with van der Waals surface area (Å²) in [4.78, 5) is 14.3. The summed E-state index contributed by atoms with van der Waals surface area (Å²) in [5.74, 6) is -0.771. The van der Waals surface area contributed by atoms with E-state index in [-0.39, 0.29) is 29.7 Å². The number of aromatic nitrogens is 1. The average molecular weight is 505 g/mol. The largest absolute Gasteiger partial charge is 0.489 e. The number of alkyl halides is 6. The third-order valence-electron chi connectivity index (χ3n) is 5.41. The van der Waals surface area contributed by atoms with E-state index < -0.39 is 40.5 Å². The van der Waals surface area contributed by atoms with Crippen LogP contribution in [-0.2, 0) is 30.2 Å². The minimum atomic E-state index is -4.86. The molecule has 0 unspecified atom stereocenters. The van der Waals surface area contributed by atoms with E-state index in [4.69, 9.17) is 9.84 Å². The molecule has 0 aliphatic rings. The average Bonchev–Trinajstić information content (AvgIpc) is 2.81. The van der Waals surface area contributed by atoms with Crippen LogP contribution in [-0.4, -0.2) is 16.1 Å². The molecular weight excluding hydrogens is 488 g/mol. The summed E-state index contributed by atoms with van der Waals surface area (Å²) < 4.78 is 87.7. The monoisotopic (exact) mass is 505 g/mol. The van der Waals surface area contributed by atoms with Crippen LogP contribution < -0.4 is 4.74 Å². The highest BCUT2D eigenvalue weighted by Gasteiger charge is 2.38. The number of halogens is 6. The lowest BCUT2D eigenvalue weighted by molar-refractivity contribution is -0.137. The van der Waals surface area contributed by atoms with E-state index in [0.29, 0.717) is 17.3 Å². The molecule has 3 aromatic carbocycles. The molecule has 0 bridgehead atoms. The Labute approximate surface area is 200 Å². The first-order valence-corrected chi connectivity index (χ1v) is 10.5. The Morgan fingerprint density at radius 1 is 0.833 bits per heavy atom. The molecule has 0 saturated carbocycles. The quantitative estimate of drug-likeness (QED) is 0.283. The number of fused-ring (bicyclic) bond motifs is 1. The van der Waals surface area contributed by atoms with Crippen LogP contribution in [0.4, 0.5) is 26.3 Å². The van der Waals surface area contributed by atoms with E-state index in [1.807, 2.05) is 0 Å². The molecule has 0 aliphatic carbocycles. The van der Waals surface area contributed by atoms with Crippen molar-refractivity contribution in [2.45, 2.75) is 25.4 Å². The van der Waals surface area contributed by atoms with Gasteiger partial charge in [0, 0.05) is 17.1 Å². The SMILES string of the molecule is O=C(O)Cc1ccc(COc2cccc(-c3c(C(F)(F)F)cnc4c(C(F)(F)F)cccc34)c2)cc1.